The molecule has 2 atom stereocenters. The van der Waals surface area contributed by atoms with Crippen LogP contribution in [0.25, 0.3) is 0 Å². The van der Waals surface area contributed by atoms with Gasteiger partial charge in [-0.3, -0.25) is 0 Å². The fraction of sp³-hybridized carbons (Fsp3) is 1.00. The van der Waals surface area contributed by atoms with Crippen molar-refractivity contribution in [3.63, 3.8) is 0 Å². The zero-order valence-electron chi connectivity index (χ0n) is 12.8. The van der Waals surface area contributed by atoms with E-state index >= 15 is 0 Å². The van der Waals surface area contributed by atoms with Gasteiger partial charge in [-0.25, -0.2) is 0 Å². The lowest BCUT2D eigenvalue weighted by atomic mass is 9.72. The monoisotopic (exact) mass is 227 g/mol. The Morgan fingerprint density at radius 1 is 1.12 bits per heavy atom. The maximum Gasteiger partial charge on any atom is 0.0118 e. The maximum absolute atomic E-state index is 2.55. The topological polar surface area (TPSA) is 3.24 Å². The quantitative estimate of drug-likeness (QED) is 0.641. The smallest absolute Gasteiger partial charge is 0.0118 e. The van der Waals surface area contributed by atoms with Gasteiger partial charge in [-0.05, 0) is 43.7 Å². The fourth-order valence-corrected chi connectivity index (χ4v) is 2.68. The van der Waals surface area contributed by atoms with E-state index in [1.807, 2.05) is 13.8 Å². The van der Waals surface area contributed by atoms with Crippen LogP contribution in [-0.4, -0.2) is 24.5 Å². The minimum Gasteiger partial charge on any atom is -0.303 e. The first-order valence-electron chi connectivity index (χ1n) is 7.02. The van der Waals surface area contributed by atoms with Crippen molar-refractivity contribution in [2.75, 3.05) is 13.6 Å². The van der Waals surface area contributed by atoms with Crippen LogP contribution < -0.4 is 0 Å². The highest BCUT2D eigenvalue weighted by molar-refractivity contribution is 4.86. The first-order valence-corrected chi connectivity index (χ1v) is 7.02. The van der Waals surface area contributed by atoms with Gasteiger partial charge in [-0.1, -0.05) is 48.5 Å². The molecule has 0 amide bonds. The molecule has 0 saturated carbocycles. The second-order valence-electron chi connectivity index (χ2n) is 6.38. The van der Waals surface area contributed by atoms with E-state index in [9.17, 15) is 0 Å². The van der Waals surface area contributed by atoms with E-state index in [0.717, 1.165) is 17.9 Å². The normalized spacial score (nSPS) is 27.6. The highest BCUT2D eigenvalue weighted by Gasteiger charge is 2.33. The van der Waals surface area contributed by atoms with Crippen LogP contribution in [0.5, 0.6) is 0 Å². The molecule has 0 bridgehead atoms. The van der Waals surface area contributed by atoms with Gasteiger partial charge in [0.05, 0.1) is 0 Å². The van der Waals surface area contributed by atoms with Crippen LogP contribution in [0.4, 0.5) is 0 Å². The summed E-state index contributed by atoms with van der Waals surface area (Å²) in [5, 5.41) is 0. The summed E-state index contributed by atoms with van der Waals surface area (Å²) in [6.45, 7) is 17.2. The van der Waals surface area contributed by atoms with E-state index in [0.29, 0.717) is 5.41 Å². The lowest BCUT2D eigenvalue weighted by molar-refractivity contribution is 0.0576. The zero-order valence-corrected chi connectivity index (χ0v) is 12.8. The first kappa shape index (κ1) is 16.0. The Hall–Kier alpha value is -0.0400. The molecule has 1 heterocycles. The third-order valence-corrected chi connectivity index (χ3v) is 3.92. The highest BCUT2D eigenvalue weighted by atomic mass is 15.1. The van der Waals surface area contributed by atoms with E-state index in [1.165, 1.54) is 19.4 Å². The molecule has 1 nitrogen and oxygen atoms in total. The van der Waals surface area contributed by atoms with E-state index in [1.54, 1.807) is 0 Å². The predicted molar refractivity (Wildman–Crippen MR) is 74.8 cm³/mol. The molecule has 0 aromatic heterocycles. The molecule has 16 heavy (non-hydrogen) atoms. The molecule has 0 aliphatic carbocycles. The lowest BCUT2D eigenvalue weighted by Crippen LogP contribution is -2.45. The molecule has 1 saturated heterocycles. The molecule has 98 valence electrons. The van der Waals surface area contributed by atoms with Crippen molar-refractivity contribution in [1.82, 2.24) is 4.90 Å². The van der Waals surface area contributed by atoms with E-state index in [4.69, 9.17) is 0 Å². The van der Waals surface area contributed by atoms with Crippen LogP contribution in [0.1, 0.15) is 61.3 Å². The largest absolute Gasteiger partial charge is 0.303 e. The van der Waals surface area contributed by atoms with Crippen molar-refractivity contribution in [1.29, 1.82) is 0 Å². The number of likely N-dealkylation sites (tertiary alicyclic amines) is 1. The van der Waals surface area contributed by atoms with E-state index in [-0.39, 0.29) is 0 Å². The summed E-state index contributed by atoms with van der Waals surface area (Å²) >= 11 is 0. The Morgan fingerprint density at radius 2 is 1.62 bits per heavy atom. The second kappa shape index (κ2) is 6.64. The summed E-state index contributed by atoms with van der Waals surface area (Å²) in [6, 6.07) is 0.799. The van der Waals surface area contributed by atoms with Gasteiger partial charge in [0.15, 0.2) is 0 Å². The summed E-state index contributed by atoms with van der Waals surface area (Å²) in [6.07, 6.45) is 2.76. The number of nitrogens with zero attached hydrogens (tertiary/aromatic N) is 1. The van der Waals surface area contributed by atoms with Crippen molar-refractivity contribution in [3.8, 4) is 0 Å². The van der Waals surface area contributed by atoms with Crippen LogP contribution in [-0.2, 0) is 0 Å². The number of hydrogen-bond donors (Lipinski definition) is 0. The van der Waals surface area contributed by atoms with E-state index < -0.39 is 0 Å². The fourth-order valence-electron chi connectivity index (χ4n) is 2.68. The van der Waals surface area contributed by atoms with E-state index in [2.05, 4.69) is 46.6 Å². The minimum atomic E-state index is 0.494. The number of rotatable bonds is 1. The van der Waals surface area contributed by atoms with Gasteiger partial charge in [0.1, 0.15) is 0 Å². The van der Waals surface area contributed by atoms with Gasteiger partial charge >= 0.3 is 0 Å². The first-order chi connectivity index (χ1) is 7.32. The lowest BCUT2D eigenvalue weighted by Gasteiger charge is -2.44. The third-order valence-electron chi connectivity index (χ3n) is 3.92. The van der Waals surface area contributed by atoms with Gasteiger partial charge in [-0.2, -0.15) is 0 Å². The van der Waals surface area contributed by atoms with Crippen molar-refractivity contribution >= 4 is 0 Å². The molecule has 1 rings (SSSR count). The molecule has 1 aliphatic heterocycles. The summed E-state index contributed by atoms with van der Waals surface area (Å²) in [5.74, 6) is 1.70. The molecule has 1 aliphatic rings. The summed E-state index contributed by atoms with van der Waals surface area (Å²) in [5.41, 5.74) is 0.494. The molecule has 0 aromatic carbocycles. The van der Waals surface area contributed by atoms with Crippen LogP contribution in [0, 0.1) is 17.3 Å². The maximum atomic E-state index is 2.55. The molecular weight excluding hydrogens is 194 g/mol. The van der Waals surface area contributed by atoms with Gasteiger partial charge in [0, 0.05) is 6.04 Å². The molecule has 0 radical (unpaired) electrons. The molecule has 1 heteroatoms. The Morgan fingerprint density at radius 3 is 2.00 bits per heavy atom. The van der Waals surface area contributed by atoms with Crippen LogP contribution in [0.2, 0.25) is 0 Å². The Bertz CT molecular complexity index is 178. The molecule has 0 N–H and O–H groups in total. The number of hydrogen-bond acceptors (Lipinski definition) is 1. The zero-order chi connectivity index (χ0) is 12.9. The van der Waals surface area contributed by atoms with Crippen LogP contribution >= 0.6 is 0 Å². The second-order valence-corrected chi connectivity index (χ2v) is 6.38. The van der Waals surface area contributed by atoms with Gasteiger partial charge < -0.3 is 4.90 Å². The molecule has 0 spiro atoms. The average molecular weight is 227 g/mol. The highest BCUT2D eigenvalue weighted by Crippen LogP contribution is 2.37. The summed E-state index contributed by atoms with van der Waals surface area (Å²) in [7, 11) is 2.28. The standard InChI is InChI=1S/C13H27N.C2H6/c1-10(2)12-9-11(13(3,4)5)7-8-14(12)6;1-2/h10-12H,7-9H2,1-6H3;1-2H3. The van der Waals surface area contributed by atoms with Gasteiger partial charge in [0.25, 0.3) is 0 Å². The summed E-state index contributed by atoms with van der Waals surface area (Å²) < 4.78 is 0. The Balaban J connectivity index is 0.00000106. The van der Waals surface area contributed by atoms with Crippen molar-refractivity contribution in [3.05, 3.63) is 0 Å². The van der Waals surface area contributed by atoms with Gasteiger partial charge in [0.2, 0.25) is 0 Å². The number of piperidine rings is 1. The Kier molecular flexibility index (Phi) is 6.62. The van der Waals surface area contributed by atoms with Crippen molar-refractivity contribution in [2.45, 2.75) is 67.3 Å². The molecule has 1 fully saturated rings. The van der Waals surface area contributed by atoms with Gasteiger partial charge in [-0.15, -0.1) is 0 Å². The molecule has 2 unspecified atom stereocenters. The third kappa shape index (κ3) is 4.45. The van der Waals surface area contributed by atoms with Crippen molar-refractivity contribution < 1.29 is 0 Å². The Labute approximate surface area is 104 Å². The molecule has 0 aromatic rings. The average Bonchev–Trinajstić information content (AvgIpc) is 2.19. The molecular formula is C15H33N. The van der Waals surface area contributed by atoms with Crippen LogP contribution in [0.15, 0.2) is 0 Å². The SMILES string of the molecule is CC.CC(C)C1CC(C(C)(C)C)CCN1C. The van der Waals surface area contributed by atoms with Crippen molar-refractivity contribution in [2.24, 2.45) is 17.3 Å². The predicted octanol–water partition coefficient (Wildman–Crippen LogP) is 4.43. The summed E-state index contributed by atoms with van der Waals surface area (Å²) in [4.78, 5) is 2.55. The van der Waals surface area contributed by atoms with Crippen LogP contribution in [0.3, 0.4) is 0 Å². The minimum absolute atomic E-state index is 0.494.